The van der Waals surface area contributed by atoms with Crippen LogP contribution in [0.5, 0.6) is 0 Å². The molecule has 39 heavy (non-hydrogen) atoms. The molecule has 1 N–H and O–H groups in total. The second-order valence-corrected chi connectivity index (χ2v) is 14.3. The lowest BCUT2D eigenvalue weighted by Gasteiger charge is -2.31. The van der Waals surface area contributed by atoms with Crippen LogP contribution in [0.3, 0.4) is 0 Å². The van der Waals surface area contributed by atoms with Crippen molar-refractivity contribution in [2.75, 3.05) is 29.5 Å². The van der Waals surface area contributed by atoms with Gasteiger partial charge in [-0.3, -0.25) is 4.79 Å². The zero-order valence-electron chi connectivity index (χ0n) is 21.3. The Morgan fingerprint density at radius 3 is 2.41 bits per heavy atom. The van der Waals surface area contributed by atoms with Gasteiger partial charge in [0.05, 0.1) is 33.6 Å². The number of rotatable bonds is 7. The van der Waals surface area contributed by atoms with Crippen LogP contribution in [0.2, 0.25) is 0 Å². The van der Waals surface area contributed by atoms with Crippen LogP contribution in [-0.4, -0.2) is 55.1 Å². The summed E-state index contributed by atoms with van der Waals surface area (Å²) < 4.78 is 63.9. The number of carbonyl (C=O) groups is 1. The smallest absolute Gasteiger partial charge is 0.377 e. The number of nitriles is 1. The topological polar surface area (TPSA) is 111 Å². The molecule has 2 aromatic rings. The van der Waals surface area contributed by atoms with Crippen LogP contribution < -0.4 is 4.90 Å². The first-order valence-electron chi connectivity index (χ1n) is 13.2. The van der Waals surface area contributed by atoms with Crippen molar-refractivity contribution in [2.24, 2.45) is 11.3 Å². The summed E-state index contributed by atoms with van der Waals surface area (Å²) in [5.41, 5.74) is 1.23. The molecule has 3 aliphatic rings. The Hall–Kier alpha value is -2.49. The number of sulfone groups is 1. The summed E-state index contributed by atoms with van der Waals surface area (Å²) >= 11 is 0.788. The third-order valence-corrected chi connectivity index (χ3v) is 11.0. The number of aliphatic hydroxyl groups is 1. The number of halogens is 3. The van der Waals surface area contributed by atoms with Crippen molar-refractivity contribution >= 4 is 32.6 Å². The number of thiazole rings is 1. The highest BCUT2D eigenvalue weighted by Crippen LogP contribution is 2.52. The molecule has 3 atom stereocenters. The van der Waals surface area contributed by atoms with Crippen LogP contribution in [0.1, 0.15) is 67.7 Å². The van der Waals surface area contributed by atoms with Gasteiger partial charge in [-0.25, -0.2) is 13.4 Å². The lowest BCUT2D eigenvalue weighted by Crippen LogP contribution is -2.40. The number of nitrogens with zero attached hydrogens (tertiary/aromatic N) is 3. The Morgan fingerprint density at radius 2 is 1.82 bits per heavy atom. The molecule has 12 heteroatoms. The highest BCUT2D eigenvalue weighted by atomic mass is 32.2. The van der Waals surface area contributed by atoms with Gasteiger partial charge in [-0.15, -0.1) is 11.3 Å². The molecular formula is C27H30F3N3O4S2. The number of hydrogen-bond acceptors (Lipinski definition) is 8. The van der Waals surface area contributed by atoms with E-state index in [4.69, 9.17) is 0 Å². The molecule has 1 saturated heterocycles. The first kappa shape index (κ1) is 28.1. The fraction of sp³-hybridized carbons (Fsp3) is 0.593. The average Bonchev–Trinajstić information content (AvgIpc) is 3.54. The van der Waals surface area contributed by atoms with Crippen LogP contribution in [0, 0.1) is 22.7 Å². The first-order chi connectivity index (χ1) is 18.4. The van der Waals surface area contributed by atoms with Gasteiger partial charge in [-0.1, -0.05) is 25.0 Å². The molecule has 1 unspecified atom stereocenters. The molecule has 2 saturated carbocycles. The summed E-state index contributed by atoms with van der Waals surface area (Å²) in [6, 6.07) is 9.42. The second-order valence-electron chi connectivity index (χ2n) is 10.9. The third-order valence-electron chi connectivity index (χ3n) is 8.19. The second kappa shape index (κ2) is 10.5. The standard InChI is InChI=1S/C27H30F3N3O4S2/c28-27(29,30)24(35)25-32-22(20-4-2-1-3-19(20)21(34)15-26(16-31)9-10-26)23(38-25)17-5-7-18(8-6-17)33-11-13-39(36,37)14-12-33/h5-8,19-20,24,35H,1-4,9-15H2/t19-,20-,24?/m1/s1. The summed E-state index contributed by atoms with van der Waals surface area (Å²) in [4.78, 5) is 20.1. The van der Waals surface area contributed by atoms with Crippen molar-refractivity contribution in [1.82, 2.24) is 4.98 Å². The minimum atomic E-state index is -4.88. The molecule has 210 valence electrons. The van der Waals surface area contributed by atoms with Gasteiger partial charge >= 0.3 is 6.18 Å². The molecule has 5 rings (SSSR count). The van der Waals surface area contributed by atoms with Crippen LogP contribution in [0.15, 0.2) is 24.3 Å². The minimum Gasteiger partial charge on any atom is -0.377 e. The molecule has 0 spiro atoms. The highest BCUT2D eigenvalue weighted by molar-refractivity contribution is 7.91. The Labute approximate surface area is 229 Å². The number of aromatic nitrogens is 1. The largest absolute Gasteiger partial charge is 0.420 e. The minimum absolute atomic E-state index is 0.0361. The lowest BCUT2D eigenvalue weighted by molar-refractivity contribution is -0.206. The van der Waals surface area contributed by atoms with Gasteiger partial charge in [0, 0.05) is 37.0 Å². The van der Waals surface area contributed by atoms with E-state index in [1.165, 1.54) is 0 Å². The van der Waals surface area contributed by atoms with Gasteiger partial charge in [-0.2, -0.15) is 18.4 Å². The maximum atomic E-state index is 13.5. The fourth-order valence-corrected chi connectivity index (χ4v) is 8.00. The molecule has 7 nitrogen and oxygen atoms in total. The lowest BCUT2D eigenvalue weighted by atomic mass is 9.73. The van der Waals surface area contributed by atoms with E-state index in [1.807, 2.05) is 17.0 Å². The molecule has 2 heterocycles. The van der Waals surface area contributed by atoms with E-state index in [2.05, 4.69) is 11.1 Å². The van der Waals surface area contributed by atoms with Gasteiger partial charge in [0.15, 0.2) is 9.84 Å². The number of anilines is 1. The number of benzene rings is 1. The predicted molar refractivity (Wildman–Crippen MR) is 141 cm³/mol. The van der Waals surface area contributed by atoms with Crippen molar-refractivity contribution in [1.29, 1.82) is 5.26 Å². The Morgan fingerprint density at radius 1 is 1.18 bits per heavy atom. The van der Waals surface area contributed by atoms with Gasteiger partial charge in [0.2, 0.25) is 6.10 Å². The van der Waals surface area contributed by atoms with Crippen LogP contribution >= 0.6 is 11.3 Å². The molecule has 3 fully saturated rings. The number of Topliss-reactive ketones (excluding diaryl/α,β-unsaturated/α-hetero) is 1. The van der Waals surface area contributed by atoms with E-state index in [0.29, 0.717) is 54.9 Å². The van der Waals surface area contributed by atoms with E-state index < -0.39 is 44.4 Å². The Bertz CT molecular complexity index is 1360. The molecule has 1 aliphatic heterocycles. The van der Waals surface area contributed by atoms with Crippen molar-refractivity contribution < 1.29 is 31.5 Å². The van der Waals surface area contributed by atoms with Gasteiger partial charge in [0.25, 0.3) is 0 Å². The normalized spacial score (nSPS) is 25.1. The van der Waals surface area contributed by atoms with Crippen LogP contribution in [-0.2, 0) is 14.6 Å². The van der Waals surface area contributed by atoms with E-state index in [9.17, 15) is 36.8 Å². The highest BCUT2D eigenvalue weighted by Gasteiger charge is 2.48. The van der Waals surface area contributed by atoms with Crippen molar-refractivity contribution in [3.05, 3.63) is 35.0 Å². The monoisotopic (exact) mass is 581 g/mol. The summed E-state index contributed by atoms with van der Waals surface area (Å²) in [7, 11) is -3.04. The summed E-state index contributed by atoms with van der Waals surface area (Å²) in [6.45, 7) is 0.733. The molecule has 0 bridgehead atoms. The Kier molecular flexibility index (Phi) is 7.54. The van der Waals surface area contributed by atoms with Crippen LogP contribution in [0.4, 0.5) is 18.9 Å². The SMILES string of the molecule is N#CC1(CC(=O)[C@@H]2CCCC[C@H]2c2nc(C(O)C(F)(F)F)sc2-c2ccc(N3CCS(=O)(=O)CC3)cc2)CC1. The zero-order chi connectivity index (χ0) is 28.0. The summed E-state index contributed by atoms with van der Waals surface area (Å²) in [5.74, 6) is -0.734. The van der Waals surface area contributed by atoms with E-state index >= 15 is 0 Å². The number of hydrogen-bond donors (Lipinski definition) is 1. The number of alkyl halides is 3. The fourth-order valence-electron chi connectivity index (χ4n) is 5.65. The molecule has 0 amide bonds. The van der Waals surface area contributed by atoms with E-state index in [1.54, 1.807) is 12.1 Å². The summed E-state index contributed by atoms with van der Waals surface area (Å²) in [6.07, 6.45) is -3.26. The number of aliphatic hydroxyl groups excluding tert-OH is 1. The number of ketones is 1. The van der Waals surface area contributed by atoms with Crippen LogP contribution in [0.25, 0.3) is 10.4 Å². The maximum absolute atomic E-state index is 13.5. The summed E-state index contributed by atoms with van der Waals surface area (Å²) in [5, 5.41) is 19.1. The van der Waals surface area contributed by atoms with E-state index in [0.717, 1.165) is 29.9 Å². The van der Waals surface area contributed by atoms with Crippen molar-refractivity contribution in [3.63, 3.8) is 0 Å². The Balaban J connectivity index is 1.48. The maximum Gasteiger partial charge on any atom is 0.420 e. The zero-order valence-corrected chi connectivity index (χ0v) is 22.9. The average molecular weight is 582 g/mol. The molecular weight excluding hydrogens is 551 g/mol. The van der Waals surface area contributed by atoms with Crippen molar-refractivity contribution in [3.8, 4) is 16.5 Å². The molecule has 2 aliphatic carbocycles. The number of carbonyl (C=O) groups excluding carboxylic acids is 1. The molecule has 0 radical (unpaired) electrons. The van der Waals surface area contributed by atoms with Gasteiger partial charge < -0.3 is 10.0 Å². The first-order valence-corrected chi connectivity index (χ1v) is 15.8. The van der Waals surface area contributed by atoms with Gasteiger partial charge in [-0.05, 0) is 43.4 Å². The van der Waals surface area contributed by atoms with Crippen molar-refractivity contribution in [2.45, 2.75) is 63.1 Å². The van der Waals surface area contributed by atoms with Gasteiger partial charge in [0.1, 0.15) is 10.8 Å². The third kappa shape index (κ3) is 6.00. The predicted octanol–water partition coefficient (Wildman–Crippen LogP) is 5.18. The molecule has 1 aromatic carbocycles. The quantitative estimate of drug-likeness (QED) is 0.480. The van der Waals surface area contributed by atoms with E-state index in [-0.39, 0.29) is 23.7 Å². The molecule has 1 aromatic heterocycles.